The molecule has 0 heterocycles. The van der Waals surface area contributed by atoms with Crippen molar-refractivity contribution in [2.45, 2.75) is 18.2 Å². The second-order valence-corrected chi connectivity index (χ2v) is 7.24. The maximum absolute atomic E-state index is 13.7. The Labute approximate surface area is 149 Å². The van der Waals surface area contributed by atoms with Crippen molar-refractivity contribution in [2.24, 2.45) is 0 Å². The van der Waals surface area contributed by atoms with E-state index in [0.717, 1.165) is 22.9 Å². The summed E-state index contributed by atoms with van der Waals surface area (Å²) >= 11 is 5.25. The Morgan fingerprint density at radius 2 is 1.83 bits per heavy atom. The van der Waals surface area contributed by atoms with Crippen LogP contribution in [0.25, 0.3) is 17.2 Å². The Morgan fingerprint density at radius 1 is 1.09 bits per heavy atom. The van der Waals surface area contributed by atoms with Gasteiger partial charge in [0.1, 0.15) is 5.82 Å². The average Bonchev–Trinajstić information content (AvgIpc) is 2.81. The molecule has 0 aliphatic heterocycles. The van der Waals surface area contributed by atoms with Crippen LogP contribution in [0.3, 0.4) is 0 Å². The van der Waals surface area contributed by atoms with E-state index in [1.807, 2.05) is 6.07 Å². The Hall–Kier alpha value is -1.32. The van der Waals surface area contributed by atoms with Gasteiger partial charge in [-0.2, -0.15) is 0 Å². The summed E-state index contributed by atoms with van der Waals surface area (Å²) < 4.78 is 13.7. The standard InChI is InChI=1S/C20H18BrFS/c1-13-17(9-10-21)20-12-15(22)5-8-18(20)19(13)11-14-3-6-16(23-2)7-4-14/h3-8,11-12H,9-10H2,1-2H3/b19-11-. The Balaban J connectivity index is 2.09. The lowest BCUT2D eigenvalue weighted by molar-refractivity contribution is 0.627. The molecular weight excluding hydrogens is 371 g/mol. The van der Waals surface area contributed by atoms with Crippen LogP contribution in [0.1, 0.15) is 30.0 Å². The molecule has 0 spiro atoms. The van der Waals surface area contributed by atoms with Gasteiger partial charge in [0.25, 0.3) is 0 Å². The van der Waals surface area contributed by atoms with Gasteiger partial charge in [0.15, 0.2) is 0 Å². The number of alkyl halides is 1. The summed E-state index contributed by atoms with van der Waals surface area (Å²) in [6, 6.07) is 13.7. The molecule has 3 heteroatoms. The van der Waals surface area contributed by atoms with Crippen molar-refractivity contribution in [3.8, 4) is 0 Å². The molecule has 1 aliphatic carbocycles. The van der Waals surface area contributed by atoms with Crippen LogP contribution in [-0.2, 0) is 0 Å². The van der Waals surface area contributed by atoms with Gasteiger partial charge in [0.05, 0.1) is 0 Å². The van der Waals surface area contributed by atoms with Crippen LogP contribution in [0.4, 0.5) is 4.39 Å². The van der Waals surface area contributed by atoms with E-state index in [-0.39, 0.29) is 5.82 Å². The monoisotopic (exact) mass is 388 g/mol. The van der Waals surface area contributed by atoms with E-state index >= 15 is 0 Å². The van der Waals surface area contributed by atoms with E-state index in [2.05, 4.69) is 59.5 Å². The minimum atomic E-state index is -0.172. The van der Waals surface area contributed by atoms with Crippen LogP contribution < -0.4 is 0 Å². The fourth-order valence-corrected chi connectivity index (χ4v) is 3.84. The highest BCUT2D eigenvalue weighted by molar-refractivity contribution is 9.09. The lowest BCUT2D eigenvalue weighted by atomic mass is 10.0. The number of hydrogen-bond donors (Lipinski definition) is 0. The quantitative estimate of drug-likeness (QED) is 0.416. The molecular formula is C20H18BrFS. The lowest BCUT2D eigenvalue weighted by Crippen LogP contribution is -1.87. The fourth-order valence-electron chi connectivity index (χ4n) is 3.04. The minimum Gasteiger partial charge on any atom is -0.207 e. The fraction of sp³-hybridized carbons (Fsp3) is 0.200. The number of hydrogen-bond acceptors (Lipinski definition) is 1. The number of rotatable bonds is 4. The third-order valence-electron chi connectivity index (χ3n) is 4.22. The first-order valence-corrected chi connectivity index (χ1v) is 9.91. The predicted molar refractivity (Wildman–Crippen MR) is 103 cm³/mol. The molecule has 0 N–H and O–H groups in total. The summed E-state index contributed by atoms with van der Waals surface area (Å²) in [7, 11) is 0. The molecule has 0 saturated carbocycles. The van der Waals surface area contributed by atoms with E-state index in [0.29, 0.717) is 0 Å². The van der Waals surface area contributed by atoms with Gasteiger partial charge in [-0.05, 0) is 83.4 Å². The van der Waals surface area contributed by atoms with Gasteiger partial charge in [-0.3, -0.25) is 0 Å². The maximum Gasteiger partial charge on any atom is 0.123 e. The van der Waals surface area contributed by atoms with Crippen LogP contribution in [0.2, 0.25) is 0 Å². The first kappa shape index (κ1) is 16.5. The summed E-state index contributed by atoms with van der Waals surface area (Å²) in [5, 5.41) is 0.880. The molecule has 118 valence electrons. The molecule has 2 aromatic carbocycles. The molecule has 0 unspecified atom stereocenters. The molecule has 0 aromatic heterocycles. The summed E-state index contributed by atoms with van der Waals surface area (Å²) in [5.74, 6) is -0.172. The van der Waals surface area contributed by atoms with Crippen molar-refractivity contribution in [1.29, 1.82) is 0 Å². The van der Waals surface area contributed by atoms with Gasteiger partial charge < -0.3 is 0 Å². The number of thioether (sulfide) groups is 1. The number of fused-ring (bicyclic) bond motifs is 1. The third kappa shape index (κ3) is 3.31. The Morgan fingerprint density at radius 3 is 2.48 bits per heavy atom. The predicted octanol–water partition coefficient (Wildman–Crippen LogP) is 6.66. The van der Waals surface area contributed by atoms with Gasteiger partial charge in [0.2, 0.25) is 0 Å². The Kier molecular flexibility index (Phi) is 5.08. The van der Waals surface area contributed by atoms with E-state index in [1.54, 1.807) is 23.9 Å². The van der Waals surface area contributed by atoms with E-state index in [9.17, 15) is 4.39 Å². The lowest BCUT2D eigenvalue weighted by Gasteiger charge is -2.05. The highest BCUT2D eigenvalue weighted by atomic mass is 79.9. The first-order chi connectivity index (χ1) is 11.1. The van der Waals surface area contributed by atoms with Crippen LogP contribution in [-0.4, -0.2) is 11.6 Å². The largest absolute Gasteiger partial charge is 0.207 e. The molecule has 0 atom stereocenters. The molecule has 0 amide bonds. The first-order valence-electron chi connectivity index (χ1n) is 7.56. The highest BCUT2D eigenvalue weighted by Gasteiger charge is 2.23. The third-order valence-corrected chi connectivity index (χ3v) is 5.36. The maximum atomic E-state index is 13.7. The summed E-state index contributed by atoms with van der Waals surface area (Å²) in [6.45, 7) is 2.14. The topological polar surface area (TPSA) is 0 Å². The van der Waals surface area contributed by atoms with Gasteiger partial charge in [0, 0.05) is 10.2 Å². The van der Waals surface area contributed by atoms with E-state index in [4.69, 9.17) is 0 Å². The highest BCUT2D eigenvalue weighted by Crippen LogP contribution is 2.44. The second-order valence-electron chi connectivity index (χ2n) is 5.56. The summed E-state index contributed by atoms with van der Waals surface area (Å²) in [5.41, 5.74) is 7.03. The van der Waals surface area contributed by atoms with Crippen LogP contribution in [0.5, 0.6) is 0 Å². The summed E-state index contributed by atoms with van der Waals surface area (Å²) in [6.07, 6.45) is 5.19. The average molecular weight is 389 g/mol. The smallest absolute Gasteiger partial charge is 0.123 e. The van der Waals surface area contributed by atoms with Gasteiger partial charge in [-0.1, -0.05) is 34.1 Å². The molecule has 23 heavy (non-hydrogen) atoms. The van der Waals surface area contributed by atoms with Crippen LogP contribution >= 0.6 is 27.7 Å². The summed E-state index contributed by atoms with van der Waals surface area (Å²) in [4.78, 5) is 1.26. The molecule has 3 rings (SSSR count). The van der Waals surface area contributed by atoms with Crippen molar-refractivity contribution < 1.29 is 4.39 Å². The molecule has 0 fully saturated rings. The molecule has 0 radical (unpaired) electrons. The zero-order chi connectivity index (χ0) is 16.4. The zero-order valence-electron chi connectivity index (χ0n) is 13.2. The normalized spacial score (nSPS) is 15.4. The van der Waals surface area contributed by atoms with E-state index < -0.39 is 0 Å². The van der Waals surface area contributed by atoms with Gasteiger partial charge >= 0.3 is 0 Å². The molecule has 0 bridgehead atoms. The van der Waals surface area contributed by atoms with Crippen LogP contribution in [0, 0.1) is 5.82 Å². The number of benzene rings is 2. The molecule has 0 saturated heterocycles. The number of allylic oxidation sites excluding steroid dienone is 3. The number of halogens is 2. The van der Waals surface area contributed by atoms with Crippen molar-refractivity contribution >= 4 is 44.9 Å². The Bertz CT molecular complexity index is 788. The molecule has 1 aliphatic rings. The SMILES string of the molecule is CSc1ccc(/C=C2/C(C)=C(CCBr)c3cc(F)ccc32)cc1. The van der Waals surface area contributed by atoms with Crippen molar-refractivity contribution in [1.82, 2.24) is 0 Å². The molecule has 0 nitrogen and oxygen atoms in total. The van der Waals surface area contributed by atoms with Gasteiger partial charge in [-0.15, -0.1) is 11.8 Å². The van der Waals surface area contributed by atoms with Gasteiger partial charge in [-0.25, -0.2) is 4.39 Å². The zero-order valence-corrected chi connectivity index (χ0v) is 15.6. The second kappa shape index (κ2) is 7.06. The van der Waals surface area contributed by atoms with Crippen molar-refractivity contribution in [2.75, 3.05) is 11.6 Å². The molecule has 2 aromatic rings. The minimum absolute atomic E-state index is 0.172. The van der Waals surface area contributed by atoms with Crippen LogP contribution in [0.15, 0.2) is 52.9 Å². The van der Waals surface area contributed by atoms with Crippen molar-refractivity contribution in [3.05, 3.63) is 70.5 Å². The van der Waals surface area contributed by atoms with Crippen molar-refractivity contribution in [3.63, 3.8) is 0 Å². The van der Waals surface area contributed by atoms with E-state index in [1.165, 1.54) is 27.2 Å².